The minimum absolute atomic E-state index is 0.0241. The molecule has 0 aliphatic rings. The van der Waals surface area contributed by atoms with Crippen LogP contribution in [0.1, 0.15) is 29.7 Å². The van der Waals surface area contributed by atoms with Crippen LogP contribution in [0.25, 0.3) is 5.69 Å². The third-order valence-electron chi connectivity index (χ3n) is 4.52. The standard InChI is InChI=1S/C22H24FN3O/c1-17-19(16-26(25-17)21-7-3-2-4-8-21)6-5-15-24-22(27)14-11-18-9-12-20(23)13-10-18/h2-4,7-10,12-13,16H,5-6,11,14-15H2,1H3,(H,24,27). The highest BCUT2D eigenvalue weighted by Crippen LogP contribution is 2.13. The minimum atomic E-state index is -0.255. The summed E-state index contributed by atoms with van der Waals surface area (Å²) in [6.45, 7) is 2.65. The molecular formula is C22H24FN3O. The number of aromatic nitrogens is 2. The summed E-state index contributed by atoms with van der Waals surface area (Å²) in [5.74, 6) is -0.231. The van der Waals surface area contributed by atoms with Crippen LogP contribution in [0.4, 0.5) is 4.39 Å². The first-order valence-corrected chi connectivity index (χ1v) is 9.23. The van der Waals surface area contributed by atoms with Crippen molar-refractivity contribution >= 4 is 5.91 Å². The van der Waals surface area contributed by atoms with E-state index in [-0.39, 0.29) is 11.7 Å². The average molecular weight is 365 g/mol. The summed E-state index contributed by atoms with van der Waals surface area (Å²) < 4.78 is 14.8. The topological polar surface area (TPSA) is 46.9 Å². The molecule has 1 heterocycles. The highest BCUT2D eigenvalue weighted by molar-refractivity contribution is 5.76. The van der Waals surface area contributed by atoms with Gasteiger partial charge in [-0.1, -0.05) is 30.3 Å². The average Bonchev–Trinajstić information content (AvgIpc) is 3.06. The van der Waals surface area contributed by atoms with Crippen molar-refractivity contribution in [3.05, 3.63) is 83.4 Å². The number of benzene rings is 2. The van der Waals surface area contributed by atoms with Gasteiger partial charge in [0.25, 0.3) is 0 Å². The van der Waals surface area contributed by atoms with Crippen molar-refractivity contribution in [2.24, 2.45) is 0 Å². The van der Waals surface area contributed by atoms with Gasteiger partial charge in [-0.15, -0.1) is 0 Å². The Labute approximate surface area is 159 Å². The molecule has 0 atom stereocenters. The molecule has 1 N–H and O–H groups in total. The molecule has 0 saturated carbocycles. The summed E-state index contributed by atoms with van der Waals surface area (Å²) in [6, 6.07) is 16.3. The van der Waals surface area contributed by atoms with Gasteiger partial charge in [-0.3, -0.25) is 4.79 Å². The summed E-state index contributed by atoms with van der Waals surface area (Å²) in [5.41, 5.74) is 4.22. The zero-order chi connectivity index (χ0) is 19.1. The number of hydrogen-bond donors (Lipinski definition) is 1. The number of rotatable bonds is 8. The Hall–Kier alpha value is -2.95. The Bertz CT molecular complexity index is 872. The van der Waals surface area contributed by atoms with E-state index in [9.17, 15) is 9.18 Å². The second-order valence-corrected chi connectivity index (χ2v) is 6.60. The Morgan fingerprint density at radius 2 is 1.81 bits per heavy atom. The van der Waals surface area contributed by atoms with Crippen LogP contribution in [-0.4, -0.2) is 22.2 Å². The van der Waals surface area contributed by atoms with Crippen LogP contribution < -0.4 is 5.32 Å². The van der Waals surface area contributed by atoms with E-state index in [1.165, 1.54) is 17.7 Å². The molecule has 4 nitrogen and oxygen atoms in total. The molecule has 1 amide bonds. The first-order chi connectivity index (χ1) is 13.1. The summed E-state index contributed by atoms with van der Waals surface area (Å²) in [6.07, 6.45) is 4.83. The summed E-state index contributed by atoms with van der Waals surface area (Å²) in [4.78, 5) is 11.9. The molecule has 2 aromatic carbocycles. The fraction of sp³-hybridized carbons (Fsp3) is 0.273. The van der Waals surface area contributed by atoms with Gasteiger partial charge in [0.2, 0.25) is 5.91 Å². The normalized spacial score (nSPS) is 10.7. The molecule has 1 aromatic heterocycles. The van der Waals surface area contributed by atoms with Crippen molar-refractivity contribution in [1.29, 1.82) is 0 Å². The van der Waals surface area contributed by atoms with E-state index in [0.717, 1.165) is 29.8 Å². The Kier molecular flexibility index (Phi) is 6.36. The van der Waals surface area contributed by atoms with Gasteiger partial charge in [0.1, 0.15) is 5.82 Å². The molecule has 140 valence electrons. The number of hydrogen-bond acceptors (Lipinski definition) is 2. The molecule has 5 heteroatoms. The van der Waals surface area contributed by atoms with Crippen LogP contribution >= 0.6 is 0 Å². The molecule has 0 fully saturated rings. The van der Waals surface area contributed by atoms with Gasteiger partial charge in [0.05, 0.1) is 11.4 Å². The van der Waals surface area contributed by atoms with Crippen molar-refractivity contribution < 1.29 is 9.18 Å². The molecule has 3 rings (SSSR count). The van der Waals surface area contributed by atoms with E-state index in [1.54, 1.807) is 12.1 Å². The molecule has 0 spiro atoms. The lowest BCUT2D eigenvalue weighted by Gasteiger charge is -2.05. The zero-order valence-corrected chi connectivity index (χ0v) is 15.5. The smallest absolute Gasteiger partial charge is 0.220 e. The molecule has 27 heavy (non-hydrogen) atoms. The largest absolute Gasteiger partial charge is 0.356 e. The summed E-state index contributed by atoms with van der Waals surface area (Å²) in [7, 11) is 0. The molecule has 0 radical (unpaired) electrons. The van der Waals surface area contributed by atoms with Crippen LogP contribution in [0, 0.1) is 12.7 Å². The SMILES string of the molecule is Cc1nn(-c2ccccc2)cc1CCCNC(=O)CCc1ccc(F)cc1. The van der Waals surface area contributed by atoms with Crippen molar-refractivity contribution in [2.45, 2.75) is 32.6 Å². The quantitative estimate of drug-likeness (QED) is 0.613. The lowest BCUT2D eigenvalue weighted by Crippen LogP contribution is -2.25. The van der Waals surface area contributed by atoms with Gasteiger partial charge in [-0.25, -0.2) is 9.07 Å². The molecule has 0 aliphatic carbocycles. The molecule has 0 saturated heterocycles. The molecule has 0 aliphatic heterocycles. The van der Waals surface area contributed by atoms with Gasteiger partial charge >= 0.3 is 0 Å². The predicted octanol–water partition coefficient (Wildman–Crippen LogP) is 4.00. The van der Waals surface area contributed by atoms with Gasteiger partial charge in [-0.05, 0) is 61.6 Å². The van der Waals surface area contributed by atoms with Crippen LogP contribution in [0.15, 0.2) is 60.8 Å². The van der Waals surface area contributed by atoms with E-state index in [4.69, 9.17) is 0 Å². The van der Waals surface area contributed by atoms with Crippen molar-refractivity contribution in [1.82, 2.24) is 15.1 Å². The second-order valence-electron chi connectivity index (χ2n) is 6.60. The van der Waals surface area contributed by atoms with Gasteiger partial charge in [-0.2, -0.15) is 5.10 Å². The van der Waals surface area contributed by atoms with E-state index in [2.05, 4.69) is 16.6 Å². The molecule has 0 unspecified atom stereocenters. The fourth-order valence-corrected chi connectivity index (χ4v) is 2.96. The van der Waals surface area contributed by atoms with Gasteiger partial charge in [0.15, 0.2) is 0 Å². The molecular weight excluding hydrogens is 341 g/mol. The van der Waals surface area contributed by atoms with Gasteiger partial charge in [0, 0.05) is 19.2 Å². The number of aryl methyl sites for hydroxylation is 3. The number of halogens is 1. The third-order valence-corrected chi connectivity index (χ3v) is 4.52. The first-order valence-electron chi connectivity index (χ1n) is 9.23. The molecule has 3 aromatic rings. The highest BCUT2D eigenvalue weighted by Gasteiger charge is 2.07. The number of carbonyl (C=O) groups excluding carboxylic acids is 1. The number of amides is 1. The minimum Gasteiger partial charge on any atom is -0.356 e. The second kappa shape index (κ2) is 9.12. The number of carbonyl (C=O) groups is 1. The lowest BCUT2D eigenvalue weighted by atomic mass is 10.1. The number of para-hydroxylation sites is 1. The van der Waals surface area contributed by atoms with Crippen LogP contribution in [0.3, 0.4) is 0 Å². The third kappa shape index (κ3) is 5.51. The van der Waals surface area contributed by atoms with Crippen molar-refractivity contribution in [3.8, 4) is 5.69 Å². The Morgan fingerprint density at radius 3 is 2.56 bits per heavy atom. The van der Waals surface area contributed by atoms with E-state index in [0.29, 0.717) is 19.4 Å². The fourth-order valence-electron chi connectivity index (χ4n) is 2.96. The maximum absolute atomic E-state index is 12.9. The van der Waals surface area contributed by atoms with Crippen molar-refractivity contribution in [2.75, 3.05) is 6.54 Å². The monoisotopic (exact) mass is 365 g/mol. The molecule has 0 bridgehead atoms. The van der Waals surface area contributed by atoms with Crippen LogP contribution in [0.5, 0.6) is 0 Å². The Morgan fingerprint density at radius 1 is 1.07 bits per heavy atom. The van der Waals surface area contributed by atoms with E-state index in [1.807, 2.05) is 41.9 Å². The predicted molar refractivity (Wildman–Crippen MR) is 104 cm³/mol. The summed E-state index contributed by atoms with van der Waals surface area (Å²) in [5, 5.41) is 7.52. The highest BCUT2D eigenvalue weighted by atomic mass is 19.1. The van der Waals surface area contributed by atoms with Gasteiger partial charge < -0.3 is 5.32 Å². The maximum Gasteiger partial charge on any atom is 0.220 e. The Balaban J connectivity index is 1.40. The summed E-state index contributed by atoms with van der Waals surface area (Å²) >= 11 is 0. The maximum atomic E-state index is 12.9. The lowest BCUT2D eigenvalue weighted by molar-refractivity contribution is -0.121. The first kappa shape index (κ1) is 18.8. The van der Waals surface area contributed by atoms with Crippen LogP contribution in [0.2, 0.25) is 0 Å². The number of nitrogens with one attached hydrogen (secondary N) is 1. The van der Waals surface area contributed by atoms with E-state index >= 15 is 0 Å². The van der Waals surface area contributed by atoms with E-state index < -0.39 is 0 Å². The number of nitrogens with zero attached hydrogens (tertiary/aromatic N) is 2. The van der Waals surface area contributed by atoms with Crippen molar-refractivity contribution in [3.63, 3.8) is 0 Å². The van der Waals surface area contributed by atoms with Crippen LogP contribution in [-0.2, 0) is 17.6 Å². The zero-order valence-electron chi connectivity index (χ0n) is 15.5.